The molecule has 0 N–H and O–H groups in total. The van der Waals surface area contributed by atoms with Crippen LogP contribution in [0.25, 0.3) is 11.1 Å². The van der Waals surface area contributed by atoms with E-state index in [2.05, 4.69) is 39.0 Å². The maximum atomic E-state index is 8.88. The zero-order valence-electron chi connectivity index (χ0n) is 16.4. The van der Waals surface area contributed by atoms with E-state index in [9.17, 15) is 0 Å². The molecule has 0 amide bonds. The van der Waals surface area contributed by atoms with Crippen LogP contribution < -0.4 is 4.74 Å². The maximum absolute atomic E-state index is 8.88. The molecule has 3 heteroatoms. The van der Waals surface area contributed by atoms with Gasteiger partial charge in [-0.2, -0.15) is 5.26 Å². The number of rotatable bonds is 10. The SMILES string of the molecule is CC[Si](CC)(CC)CCCCOc1ccc(-c2ccc(C#N)cc2)cc1. The molecule has 0 heterocycles. The lowest BCUT2D eigenvalue weighted by molar-refractivity contribution is 0.309. The zero-order valence-corrected chi connectivity index (χ0v) is 17.4. The molecule has 0 aliphatic heterocycles. The van der Waals surface area contributed by atoms with Crippen molar-refractivity contribution in [3.8, 4) is 22.9 Å². The Morgan fingerprint density at radius 3 is 1.85 bits per heavy atom. The summed E-state index contributed by atoms with van der Waals surface area (Å²) in [7, 11) is -0.974. The number of hydrogen-bond acceptors (Lipinski definition) is 2. The van der Waals surface area contributed by atoms with Crippen molar-refractivity contribution in [2.45, 2.75) is 57.8 Å². The molecule has 138 valence electrons. The van der Waals surface area contributed by atoms with Crippen LogP contribution in [-0.2, 0) is 0 Å². The van der Waals surface area contributed by atoms with Gasteiger partial charge in [0, 0.05) is 0 Å². The summed E-state index contributed by atoms with van der Waals surface area (Å²) in [6, 6.07) is 23.8. The van der Waals surface area contributed by atoms with Crippen molar-refractivity contribution in [2.75, 3.05) is 6.61 Å². The van der Waals surface area contributed by atoms with Crippen molar-refractivity contribution in [2.24, 2.45) is 0 Å². The van der Waals surface area contributed by atoms with Gasteiger partial charge < -0.3 is 4.74 Å². The average molecular weight is 366 g/mol. The highest BCUT2D eigenvalue weighted by Gasteiger charge is 2.25. The number of hydrogen-bond donors (Lipinski definition) is 0. The van der Waals surface area contributed by atoms with Gasteiger partial charge in [-0.3, -0.25) is 0 Å². The second-order valence-electron chi connectivity index (χ2n) is 7.08. The first-order chi connectivity index (χ1) is 12.7. The Morgan fingerprint density at radius 2 is 1.35 bits per heavy atom. The maximum Gasteiger partial charge on any atom is 0.119 e. The fourth-order valence-electron chi connectivity index (χ4n) is 3.55. The minimum absolute atomic E-state index is 0.690. The minimum Gasteiger partial charge on any atom is -0.494 e. The van der Waals surface area contributed by atoms with Crippen LogP contribution in [-0.4, -0.2) is 14.7 Å². The Morgan fingerprint density at radius 1 is 0.808 bits per heavy atom. The van der Waals surface area contributed by atoms with Gasteiger partial charge in [-0.25, -0.2) is 0 Å². The minimum atomic E-state index is -0.974. The van der Waals surface area contributed by atoms with Crippen LogP contribution in [0.5, 0.6) is 5.75 Å². The van der Waals surface area contributed by atoms with Gasteiger partial charge in [0.1, 0.15) is 5.75 Å². The normalized spacial score (nSPS) is 11.2. The van der Waals surface area contributed by atoms with E-state index in [0.717, 1.165) is 29.9 Å². The first-order valence-electron chi connectivity index (χ1n) is 9.89. The Hall–Kier alpha value is -2.05. The van der Waals surface area contributed by atoms with Crippen LogP contribution in [0.2, 0.25) is 24.2 Å². The second kappa shape index (κ2) is 10.2. The number of nitrogens with zero attached hydrogens (tertiary/aromatic N) is 1. The second-order valence-corrected chi connectivity index (χ2v) is 12.7. The van der Waals surface area contributed by atoms with E-state index in [-0.39, 0.29) is 0 Å². The molecule has 0 aromatic heterocycles. The average Bonchev–Trinajstić information content (AvgIpc) is 2.72. The lowest BCUT2D eigenvalue weighted by Gasteiger charge is -2.27. The molecule has 0 spiro atoms. The summed E-state index contributed by atoms with van der Waals surface area (Å²) in [5, 5.41) is 8.88. The largest absolute Gasteiger partial charge is 0.494 e. The summed E-state index contributed by atoms with van der Waals surface area (Å²) in [6.45, 7) is 7.94. The van der Waals surface area contributed by atoms with Crippen molar-refractivity contribution < 1.29 is 4.74 Å². The van der Waals surface area contributed by atoms with E-state index >= 15 is 0 Å². The number of benzene rings is 2. The van der Waals surface area contributed by atoms with E-state index in [1.807, 2.05) is 36.4 Å². The van der Waals surface area contributed by atoms with Crippen LogP contribution >= 0.6 is 0 Å². The Bertz CT molecular complexity index is 688. The molecule has 0 unspecified atom stereocenters. The predicted molar refractivity (Wildman–Crippen MR) is 113 cm³/mol. The Kier molecular flexibility index (Phi) is 7.93. The Balaban J connectivity index is 1.79. The van der Waals surface area contributed by atoms with Crippen LogP contribution in [0.3, 0.4) is 0 Å². The van der Waals surface area contributed by atoms with Gasteiger partial charge in [-0.15, -0.1) is 0 Å². The molecule has 0 bridgehead atoms. The van der Waals surface area contributed by atoms with Crippen molar-refractivity contribution in [1.82, 2.24) is 0 Å². The molecule has 2 aromatic carbocycles. The number of nitriles is 1. The fourth-order valence-corrected chi connectivity index (χ4v) is 7.11. The highest BCUT2D eigenvalue weighted by atomic mass is 28.3. The van der Waals surface area contributed by atoms with Crippen molar-refractivity contribution in [1.29, 1.82) is 5.26 Å². The molecule has 0 saturated heterocycles. The molecular formula is C23H31NOSi. The van der Waals surface area contributed by atoms with Gasteiger partial charge in [-0.1, -0.05) is 75.6 Å². The third-order valence-corrected chi connectivity index (χ3v) is 11.7. The van der Waals surface area contributed by atoms with Gasteiger partial charge >= 0.3 is 0 Å². The first kappa shape index (κ1) is 20.3. The van der Waals surface area contributed by atoms with Crippen molar-refractivity contribution >= 4 is 8.07 Å². The summed E-state index contributed by atoms with van der Waals surface area (Å²) >= 11 is 0. The van der Waals surface area contributed by atoms with Crippen LogP contribution in [0.1, 0.15) is 39.2 Å². The summed E-state index contributed by atoms with van der Waals surface area (Å²) in [4.78, 5) is 0. The van der Waals surface area contributed by atoms with Gasteiger partial charge in [0.15, 0.2) is 0 Å². The molecule has 0 atom stereocenters. The predicted octanol–water partition coefficient (Wildman–Crippen LogP) is 6.89. The molecule has 0 aliphatic rings. The fraction of sp³-hybridized carbons (Fsp3) is 0.435. The van der Waals surface area contributed by atoms with E-state index < -0.39 is 8.07 Å². The van der Waals surface area contributed by atoms with E-state index in [1.54, 1.807) is 0 Å². The summed E-state index contributed by atoms with van der Waals surface area (Å²) < 4.78 is 5.92. The molecule has 0 saturated carbocycles. The molecule has 26 heavy (non-hydrogen) atoms. The molecule has 0 fully saturated rings. The monoisotopic (exact) mass is 365 g/mol. The lowest BCUT2D eigenvalue weighted by Crippen LogP contribution is -2.30. The van der Waals surface area contributed by atoms with Gasteiger partial charge in [0.05, 0.1) is 26.3 Å². The quantitative estimate of drug-likeness (QED) is 0.339. The zero-order chi connectivity index (χ0) is 18.8. The van der Waals surface area contributed by atoms with Gasteiger partial charge in [-0.05, 0) is 41.8 Å². The molecule has 2 aromatic rings. The standard InChI is InChI=1S/C23H31NOSi/c1-4-26(5-2,6-3)18-8-7-17-25-23-15-13-22(14-16-23)21-11-9-20(19-24)10-12-21/h9-16H,4-8,17-18H2,1-3H3. The van der Waals surface area contributed by atoms with Crippen molar-refractivity contribution in [3.63, 3.8) is 0 Å². The summed E-state index contributed by atoms with van der Waals surface area (Å²) in [5.74, 6) is 0.937. The van der Waals surface area contributed by atoms with Gasteiger partial charge in [0.25, 0.3) is 0 Å². The summed E-state index contributed by atoms with van der Waals surface area (Å²) in [5.41, 5.74) is 2.96. The Labute approximate surface area is 159 Å². The molecule has 2 rings (SSSR count). The molecular weight excluding hydrogens is 334 g/mol. The molecule has 0 radical (unpaired) electrons. The van der Waals surface area contributed by atoms with E-state index in [0.29, 0.717) is 5.56 Å². The highest BCUT2D eigenvalue weighted by Crippen LogP contribution is 2.27. The first-order valence-corrected chi connectivity index (χ1v) is 12.7. The smallest absolute Gasteiger partial charge is 0.119 e. The lowest BCUT2D eigenvalue weighted by atomic mass is 10.0. The third kappa shape index (κ3) is 5.47. The van der Waals surface area contributed by atoms with Gasteiger partial charge in [0.2, 0.25) is 0 Å². The number of unbranched alkanes of at least 4 members (excludes halogenated alkanes) is 1. The topological polar surface area (TPSA) is 33.0 Å². The third-order valence-electron chi connectivity index (χ3n) is 5.82. The number of ether oxygens (including phenoxy) is 1. The molecule has 0 aliphatic carbocycles. The van der Waals surface area contributed by atoms with E-state index in [4.69, 9.17) is 10.00 Å². The van der Waals surface area contributed by atoms with Crippen LogP contribution in [0, 0.1) is 11.3 Å². The molecule has 2 nitrogen and oxygen atoms in total. The van der Waals surface area contributed by atoms with Crippen LogP contribution in [0.15, 0.2) is 48.5 Å². The van der Waals surface area contributed by atoms with Crippen molar-refractivity contribution in [3.05, 3.63) is 54.1 Å². The highest BCUT2D eigenvalue weighted by molar-refractivity contribution is 6.79. The summed E-state index contributed by atoms with van der Waals surface area (Å²) in [6.07, 6.45) is 2.44. The van der Waals surface area contributed by atoms with Crippen LogP contribution in [0.4, 0.5) is 0 Å². The van der Waals surface area contributed by atoms with E-state index in [1.165, 1.54) is 30.6 Å².